The van der Waals surface area contributed by atoms with Crippen LogP contribution in [0.15, 0.2) is 0 Å². The second kappa shape index (κ2) is 2.96. The fourth-order valence-corrected chi connectivity index (χ4v) is 5.92. The summed E-state index contributed by atoms with van der Waals surface area (Å²) in [6.07, 6.45) is 12.3. The van der Waals surface area contributed by atoms with Gasteiger partial charge in [-0.25, -0.2) is 0 Å². The van der Waals surface area contributed by atoms with Gasteiger partial charge in [0.05, 0.1) is 6.42 Å². The Morgan fingerprint density at radius 2 is 1.67 bits per heavy atom. The van der Waals surface area contributed by atoms with E-state index in [0.29, 0.717) is 22.9 Å². The number of hydrogen-bond acceptors (Lipinski definition) is 2. The van der Waals surface area contributed by atoms with E-state index in [2.05, 4.69) is 0 Å². The highest BCUT2D eigenvalue weighted by Gasteiger charge is 2.68. The van der Waals surface area contributed by atoms with E-state index in [0.717, 1.165) is 18.3 Å². The van der Waals surface area contributed by atoms with Crippen LogP contribution in [0.25, 0.3) is 0 Å². The van der Waals surface area contributed by atoms with Gasteiger partial charge in [0.15, 0.2) is 0 Å². The Morgan fingerprint density at radius 3 is 2.39 bits per heavy atom. The molecule has 4 saturated carbocycles. The molecule has 98 valence electrons. The van der Waals surface area contributed by atoms with Gasteiger partial charge >= 0.3 is 5.97 Å². The molecule has 0 aromatic heterocycles. The average molecular weight is 246 g/mol. The molecule has 0 radical (unpaired) electrons. The van der Waals surface area contributed by atoms with Gasteiger partial charge < -0.3 is 4.74 Å². The summed E-state index contributed by atoms with van der Waals surface area (Å²) in [5, 5.41) is 0. The van der Waals surface area contributed by atoms with Gasteiger partial charge in [-0.3, -0.25) is 4.79 Å². The number of carbonyl (C=O) groups excluding carboxylic acids is 1. The van der Waals surface area contributed by atoms with Crippen LogP contribution >= 0.6 is 0 Å². The standard InChI is InChI=1S/C16H22O2/c17-12-9-10-1-3-15(5-6-15)11-2-4-16(7-8-16)13(11)14(10)18-12/h10-11,13-14H,1-9H2/t10-,11?,13?,14?/m0/s1. The van der Waals surface area contributed by atoms with Crippen molar-refractivity contribution in [3.05, 3.63) is 0 Å². The fraction of sp³-hybridized carbons (Fsp3) is 0.938. The van der Waals surface area contributed by atoms with Gasteiger partial charge in [-0.1, -0.05) is 0 Å². The first kappa shape index (κ1) is 10.3. The molecule has 1 aliphatic heterocycles. The Kier molecular flexibility index (Phi) is 1.69. The summed E-state index contributed by atoms with van der Waals surface area (Å²) in [5.74, 6) is 2.32. The third-order valence-corrected chi connectivity index (χ3v) is 7.19. The van der Waals surface area contributed by atoms with E-state index in [-0.39, 0.29) is 5.97 Å². The average Bonchev–Trinajstić information content (AvgIpc) is 3.21. The zero-order valence-corrected chi connectivity index (χ0v) is 11.0. The molecule has 1 heterocycles. The number of ether oxygens (including phenoxy) is 1. The molecule has 0 bridgehead atoms. The van der Waals surface area contributed by atoms with Crippen molar-refractivity contribution in [2.75, 3.05) is 0 Å². The second-order valence-corrected chi connectivity index (χ2v) is 7.85. The predicted molar refractivity (Wildman–Crippen MR) is 66.8 cm³/mol. The van der Waals surface area contributed by atoms with E-state index in [4.69, 9.17) is 4.74 Å². The minimum Gasteiger partial charge on any atom is -0.462 e. The molecule has 0 N–H and O–H groups in total. The van der Waals surface area contributed by atoms with Crippen molar-refractivity contribution in [1.82, 2.24) is 0 Å². The molecule has 0 aromatic carbocycles. The normalized spacial score (nSPS) is 49.7. The van der Waals surface area contributed by atoms with Crippen molar-refractivity contribution in [2.24, 2.45) is 28.6 Å². The van der Waals surface area contributed by atoms with E-state index in [1.807, 2.05) is 0 Å². The molecule has 3 unspecified atom stereocenters. The molecule has 1 saturated heterocycles. The largest absolute Gasteiger partial charge is 0.462 e. The number of esters is 1. The quantitative estimate of drug-likeness (QED) is 0.613. The maximum absolute atomic E-state index is 11.7. The lowest BCUT2D eigenvalue weighted by atomic mass is 9.74. The highest BCUT2D eigenvalue weighted by atomic mass is 16.6. The maximum Gasteiger partial charge on any atom is 0.306 e. The zero-order chi connectivity index (χ0) is 12.0. The van der Waals surface area contributed by atoms with Gasteiger partial charge in [-0.2, -0.15) is 0 Å². The monoisotopic (exact) mass is 246 g/mol. The van der Waals surface area contributed by atoms with Gasteiger partial charge in [0.25, 0.3) is 0 Å². The van der Waals surface area contributed by atoms with Crippen molar-refractivity contribution >= 4 is 5.97 Å². The highest BCUT2D eigenvalue weighted by molar-refractivity contribution is 5.72. The van der Waals surface area contributed by atoms with E-state index in [1.165, 1.54) is 51.4 Å². The number of carbonyl (C=O) groups is 1. The summed E-state index contributed by atoms with van der Waals surface area (Å²) in [7, 11) is 0. The minimum atomic E-state index is 0.0956. The highest BCUT2D eigenvalue weighted by Crippen LogP contribution is 2.74. The maximum atomic E-state index is 11.7. The van der Waals surface area contributed by atoms with E-state index in [9.17, 15) is 4.79 Å². The van der Waals surface area contributed by atoms with Gasteiger partial charge in [0, 0.05) is 11.8 Å². The van der Waals surface area contributed by atoms with Crippen molar-refractivity contribution in [2.45, 2.75) is 63.9 Å². The van der Waals surface area contributed by atoms with Crippen LogP contribution < -0.4 is 0 Å². The first-order valence-electron chi connectivity index (χ1n) is 7.92. The predicted octanol–water partition coefficient (Wildman–Crippen LogP) is 3.30. The van der Waals surface area contributed by atoms with E-state index >= 15 is 0 Å². The Bertz CT molecular complexity index is 419. The molecule has 2 spiro atoms. The topological polar surface area (TPSA) is 26.3 Å². The molecular weight excluding hydrogens is 224 g/mol. The van der Waals surface area contributed by atoms with Gasteiger partial charge in [-0.05, 0) is 68.1 Å². The van der Waals surface area contributed by atoms with E-state index in [1.54, 1.807) is 0 Å². The van der Waals surface area contributed by atoms with Gasteiger partial charge in [0.2, 0.25) is 0 Å². The van der Waals surface area contributed by atoms with Crippen LogP contribution in [0.5, 0.6) is 0 Å². The second-order valence-electron chi connectivity index (χ2n) is 7.85. The summed E-state index contributed by atoms with van der Waals surface area (Å²) in [6.45, 7) is 0. The molecule has 4 atom stereocenters. The summed E-state index contributed by atoms with van der Waals surface area (Å²) >= 11 is 0. The molecule has 5 fully saturated rings. The van der Waals surface area contributed by atoms with Crippen LogP contribution in [0.3, 0.4) is 0 Å². The van der Waals surface area contributed by atoms with Gasteiger partial charge in [0.1, 0.15) is 6.10 Å². The lowest BCUT2D eigenvalue weighted by Crippen LogP contribution is -2.34. The van der Waals surface area contributed by atoms with Crippen molar-refractivity contribution in [3.63, 3.8) is 0 Å². The first-order chi connectivity index (χ1) is 8.73. The van der Waals surface area contributed by atoms with Crippen LogP contribution in [0.2, 0.25) is 0 Å². The van der Waals surface area contributed by atoms with Crippen LogP contribution in [0.4, 0.5) is 0 Å². The summed E-state index contributed by atoms with van der Waals surface area (Å²) < 4.78 is 5.82. The molecule has 4 aliphatic carbocycles. The van der Waals surface area contributed by atoms with Crippen molar-refractivity contribution < 1.29 is 9.53 Å². The Morgan fingerprint density at radius 1 is 0.944 bits per heavy atom. The molecule has 5 rings (SSSR count). The smallest absolute Gasteiger partial charge is 0.306 e. The van der Waals surface area contributed by atoms with Crippen LogP contribution in [0, 0.1) is 28.6 Å². The third-order valence-electron chi connectivity index (χ3n) is 7.19. The summed E-state index contributed by atoms with van der Waals surface area (Å²) in [4.78, 5) is 11.7. The van der Waals surface area contributed by atoms with E-state index < -0.39 is 0 Å². The van der Waals surface area contributed by atoms with Crippen molar-refractivity contribution in [1.29, 1.82) is 0 Å². The molecule has 0 aromatic rings. The Hall–Kier alpha value is -0.530. The molecule has 18 heavy (non-hydrogen) atoms. The number of rotatable bonds is 0. The minimum absolute atomic E-state index is 0.0956. The molecule has 2 nitrogen and oxygen atoms in total. The van der Waals surface area contributed by atoms with Crippen LogP contribution in [0.1, 0.15) is 57.8 Å². The van der Waals surface area contributed by atoms with Crippen LogP contribution in [-0.4, -0.2) is 12.1 Å². The molecule has 5 aliphatic rings. The summed E-state index contributed by atoms with van der Waals surface area (Å²) in [5.41, 5.74) is 1.33. The molecule has 2 heteroatoms. The lowest BCUT2D eigenvalue weighted by Gasteiger charge is -2.33. The Balaban J connectivity index is 1.58. The number of fused-ring (bicyclic) bond motifs is 5. The fourth-order valence-electron chi connectivity index (χ4n) is 5.92. The molecular formula is C16H22O2. The zero-order valence-electron chi connectivity index (χ0n) is 11.0. The summed E-state index contributed by atoms with van der Waals surface area (Å²) in [6, 6.07) is 0. The first-order valence-corrected chi connectivity index (χ1v) is 7.92. The SMILES string of the molecule is O=C1C[C@@H]2CCC3(CC3)C3CCC4(CC4)C3C2O1. The van der Waals surface area contributed by atoms with Crippen LogP contribution in [-0.2, 0) is 9.53 Å². The number of hydrogen-bond donors (Lipinski definition) is 0. The Labute approximate surface area is 108 Å². The third kappa shape index (κ3) is 1.13. The van der Waals surface area contributed by atoms with Gasteiger partial charge in [-0.15, -0.1) is 0 Å². The molecule has 0 amide bonds. The lowest BCUT2D eigenvalue weighted by molar-refractivity contribution is -0.145. The van der Waals surface area contributed by atoms with Crippen molar-refractivity contribution in [3.8, 4) is 0 Å².